The molecular weight excluding hydrogens is 442 g/mol. The van der Waals surface area contributed by atoms with Crippen molar-refractivity contribution in [3.8, 4) is 0 Å². The monoisotopic (exact) mass is 479 g/mol. The van der Waals surface area contributed by atoms with Gasteiger partial charge < -0.3 is 20.4 Å². The van der Waals surface area contributed by atoms with Crippen LogP contribution in [0.25, 0.3) is 0 Å². The van der Waals surface area contributed by atoms with Crippen molar-refractivity contribution in [2.45, 2.75) is 31.2 Å². The molecular formula is C27H37N5OS. The Morgan fingerprint density at radius 1 is 1.12 bits per heavy atom. The lowest BCUT2D eigenvalue weighted by Gasteiger charge is -2.33. The number of hydrogen-bond donors (Lipinski definition) is 2. The molecule has 1 amide bonds. The van der Waals surface area contributed by atoms with Crippen LogP contribution in [0.1, 0.15) is 35.7 Å². The summed E-state index contributed by atoms with van der Waals surface area (Å²) in [5.41, 5.74) is 1.83. The molecule has 0 radical (unpaired) electrons. The quantitative estimate of drug-likeness (QED) is 0.506. The Labute approximate surface area is 205 Å². The van der Waals surface area contributed by atoms with Crippen LogP contribution in [-0.2, 0) is 6.54 Å². The van der Waals surface area contributed by atoms with Crippen molar-refractivity contribution in [1.82, 2.24) is 15.2 Å². The molecule has 2 N–H and O–H groups in total. The van der Waals surface area contributed by atoms with Gasteiger partial charge in [-0.2, -0.15) is 10.0 Å². The topological polar surface area (TPSA) is 60.5 Å². The summed E-state index contributed by atoms with van der Waals surface area (Å²) in [5.74, 6) is 1.61. The largest absolute Gasteiger partial charge is 0.370 e. The Balaban J connectivity index is 1.48. The number of aromatic nitrogens is 1. The minimum absolute atomic E-state index is 0.0463. The molecule has 182 valence electrons. The first-order valence-electron chi connectivity index (χ1n) is 12.1. The number of pyridine rings is 1. The van der Waals surface area contributed by atoms with Gasteiger partial charge in [-0.15, -0.1) is 0 Å². The Morgan fingerprint density at radius 3 is 2.65 bits per heavy atom. The van der Waals surface area contributed by atoms with E-state index < -0.39 is 10.0 Å². The Bertz CT molecular complexity index is 1080. The third-order valence-corrected chi connectivity index (χ3v) is 10.0. The minimum Gasteiger partial charge on any atom is -0.370 e. The van der Waals surface area contributed by atoms with Crippen LogP contribution in [0.4, 0.5) is 11.6 Å². The van der Waals surface area contributed by atoms with E-state index in [-0.39, 0.29) is 5.91 Å². The number of benzene rings is 1. The van der Waals surface area contributed by atoms with Gasteiger partial charge in [0, 0.05) is 33.2 Å². The lowest BCUT2D eigenvalue weighted by Crippen LogP contribution is -2.33. The molecule has 0 saturated carbocycles. The molecule has 1 atom stereocenters. The first-order valence-corrected chi connectivity index (χ1v) is 14.2. The molecule has 0 fully saturated rings. The lowest BCUT2D eigenvalue weighted by molar-refractivity contribution is 0.0754. The minimum atomic E-state index is -1.07. The van der Waals surface area contributed by atoms with Gasteiger partial charge in [0.1, 0.15) is 11.6 Å². The first kappa shape index (κ1) is 24.4. The lowest BCUT2D eigenvalue weighted by atomic mass is 10.2. The van der Waals surface area contributed by atoms with E-state index in [1.54, 1.807) is 4.91 Å². The normalized spacial score (nSPS) is 21.6. The molecule has 4 rings (SSSR count). The number of amides is 1. The molecule has 2 aliphatic heterocycles. The Kier molecular flexibility index (Phi) is 7.63. The molecule has 0 spiro atoms. The van der Waals surface area contributed by atoms with Crippen LogP contribution in [0.5, 0.6) is 0 Å². The van der Waals surface area contributed by atoms with Crippen molar-refractivity contribution < 1.29 is 4.79 Å². The number of nitrogens with zero attached hydrogens (tertiary/aromatic N) is 3. The highest BCUT2D eigenvalue weighted by Gasteiger charge is 2.28. The SMILES string of the molecule is CCNc1ccc2c(n1)N(C)CCN(Cc1ccc(S3(C)C=CC=C3CCCNC)cc1)C2=O. The van der Waals surface area contributed by atoms with E-state index in [4.69, 9.17) is 0 Å². The number of rotatable bonds is 9. The standard InChI is InChI=1S/C27H37N5OS/c1-5-29-25-15-14-24-26(30-25)31(3)17-18-32(27(24)33)20-21-10-12-23(13-11-21)34(4)19-7-9-22(34)8-6-16-28-2/h7,9-15,19,28H,5-6,8,16-18,20H2,1-4H3,(H,29,30). The van der Waals surface area contributed by atoms with Gasteiger partial charge in [0.25, 0.3) is 5.91 Å². The fourth-order valence-electron chi connectivity index (χ4n) is 4.58. The van der Waals surface area contributed by atoms with Crippen LogP contribution < -0.4 is 15.5 Å². The summed E-state index contributed by atoms with van der Waals surface area (Å²) >= 11 is 0. The summed E-state index contributed by atoms with van der Waals surface area (Å²) in [6.45, 7) is 5.92. The zero-order valence-electron chi connectivity index (χ0n) is 20.8. The van der Waals surface area contributed by atoms with Gasteiger partial charge in [-0.3, -0.25) is 4.79 Å². The number of carbonyl (C=O) groups excluding carboxylic acids is 1. The molecule has 0 aliphatic carbocycles. The smallest absolute Gasteiger partial charge is 0.257 e. The highest BCUT2D eigenvalue weighted by Crippen LogP contribution is 2.64. The molecule has 1 aromatic heterocycles. The van der Waals surface area contributed by atoms with Gasteiger partial charge in [-0.05, 0) is 84.7 Å². The number of carbonyl (C=O) groups is 1. The number of nitrogens with one attached hydrogen (secondary N) is 2. The average molecular weight is 480 g/mol. The van der Waals surface area contributed by atoms with Crippen molar-refractivity contribution in [2.24, 2.45) is 0 Å². The highest BCUT2D eigenvalue weighted by molar-refractivity contribution is 8.38. The molecule has 7 heteroatoms. The summed E-state index contributed by atoms with van der Waals surface area (Å²) in [5, 5.41) is 8.88. The Morgan fingerprint density at radius 2 is 1.91 bits per heavy atom. The van der Waals surface area contributed by atoms with Gasteiger partial charge in [0.05, 0.1) is 5.56 Å². The second-order valence-electron chi connectivity index (χ2n) is 9.04. The van der Waals surface area contributed by atoms with E-state index in [0.29, 0.717) is 18.7 Å². The maximum Gasteiger partial charge on any atom is 0.257 e. The first-order chi connectivity index (χ1) is 16.5. The molecule has 1 aromatic carbocycles. The molecule has 6 nitrogen and oxygen atoms in total. The van der Waals surface area contributed by atoms with Crippen molar-refractivity contribution in [3.63, 3.8) is 0 Å². The van der Waals surface area contributed by atoms with E-state index in [2.05, 4.69) is 68.6 Å². The molecule has 2 aliphatic rings. The second kappa shape index (κ2) is 10.7. The summed E-state index contributed by atoms with van der Waals surface area (Å²) in [7, 11) is 2.94. The number of hydrogen-bond acceptors (Lipinski definition) is 5. The van der Waals surface area contributed by atoms with Crippen molar-refractivity contribution >= 4 is 27.6 Å². The number of likely N-dealkylation sites (N-methyl/N-ethyl adjacent to an activating group) is 1. The zero-order chi connectivity index (χ0) is 24.1. The van der Waals surface area contributed by atoms with Gasteiger partial charge >= 0.3 is 0 Å². The van der Waals surface area contributed by atoms with E-state index in [9.17, 15) is 4.79 Å². The predicted molar refractivity (Wildman–Crippen MR) is 145 cm³/mol. The highest BCUT2D eigenvalue weighted by atomic mass is 32.3. The van der Waals surface area contributed by atoms with Gasteiger partial charge in [0.2, 0.25) is 0 Å². The van der Waals surface area contributed by atoms with Gasteiger partial charge in [-0.1, -0.05) is 24.3 Å². The average Bonchev–Trinajstić information content (AvgIpc) is 3.18. The number of fused-ring (bicyclic) bond motifs is 1. The van der Waals surface area contributed by atoms with Crippen molar-refractivity contribution in [2.75, 3.05) is 56.7 Å². The molecule has 34 heavy (non-hydrogen) atoms. The number of anilines is 2. The fraction of sp³-hybridized carbons (Fsp3) is 0.407. The van der Waals surface area contributed by atoms with Crippen LogP contribution in [0, 0.1) is 0 Å². The van der Waals surface area contributed by atoms with E-state index in [1.807, 2.05) is 38.1 Å². The summed E-state index contributed by atoms with van der Waals surface area (Å²) in [6, 6.07) is 12.7. The van der Waals surface area contributed by atoms with Crippen LogP contribution in [0.15, 0.2) is 63.8 Å². The third kappa shape index (κ3) is 5.00. The molecule has 2 aromatic rings. The van der Waals surface area contributed by atoms with Crippen molar-refractivity contribution in [1.29, 1.82) is 0 Å². The second-order valence-corrected chi connectivity index (χ2v) is 12.3. The van der Waals surface area contributed by atoms with E-state index in [0.717, 1.165) is 49.7 Å². The van der Waals surface area contributed by atoms with Crippen LogP contribution >= 0.6 is 10.0 Å². The Hall–Kier alpha value is -2.77. The van der Waals surface area contributed by atoms with Crippen LogP contribution in [-0.4, -0.2) is 62.3 Å². The van der Waals surface area contributed by atoms with Gasteiger partial charge in [0.15, 0.2) is 0 Å². The third-order valence-electron chi connectivity index (χ3n) is 6.63. The molecule has 0 bridgehead atoms. The predicted octanol–water partition coefficient (Wildman–Crippen LogP) is 4.81. The number of allylic oxidation sites excluding steroid dienone is 3. The maximum absolute atomic E-state index is 13.4. The molecule has 0 saturated heterocycles. The van der Waals surface area contributed by atoms with Crippen LogP contribution in [0.3, 0.4) is 0 Å². The summed E-state index contributed by atoms with van der Waals surface area (Å²) in [6.07, 6.45) is 9.19. The molecule has 3 heterocycles. The zero-order valence-corrected chi connectivity index (χ0v) is 21.6. The summed E-state index contributed by atoms with van der Waals surface area (Å²) in [4.78, 5) is 25.0. The van der Waals surface area contributed by atoms with Gasteiger partial charge in [-0.25, -0.2) is 4.98 Å². The van der Waals surface area contributed by atoms with Crippen LogP contribution in [0.2, 0.25) is 0 Å². The fourth-order valence-corrected chi connectivity index (χ4v) is 7.24. The van der Waals surface area contributed by atoms with E-state index >= 15 is 0 Å². The van der Waals surface area contributed by atoms with E-state index in [1.165, 1.54) is 4.90 Å². The summed E-state index contributed by atoms with van der Waals surface area (Å²) < 4.78 is 0. The maximum atomic E-state index is 13.4. The van der Waals surface area contributed by atoms with Crippen molar-refractivity contribution in [3.05, 3.63) is 70.0 Å². The molecule has 1 unspecified atom stereocenters.